The Morgan fingerprint density at radius 1 is 1.33 bits per heavy atom. The van der Waals surface area contributed by atoms with Crippen LogP contribution in [0.25, 0.3) is 0 Å². The van der Waals surface area contributed by atoms with Gasteiger partial charge in [-0.1, -0.05) is 0 Å². The van der Waals surface area contributed by atoms with E-state index < -0.39 is 0 Å². The molecule has 0 radical (unpaired) electrons. The van der Waals surface area contributed by atoms with Crippen LogP contribution in [-0.2, 0) is 4.74 Å². The molecule has 0 bridgehead atoms. The average Bonchev–Trinajstić information content (AvgIpc) is 3.03. The first-order valence-electron chi connectivity index (χ1n) is 6.03. The van der Waals surface area contributed by atoms with Crippen LogP contribution in [0.5, 0.6) is 0 Å². The fourth-order valence-electron chi connectivity index (χ4n) is 1.92. The minimum absolute atomic E-state index is 0.234. The zero-order valence-electron chi connectivity index (χ0n) is 9.32. The summed E-state index contributed by atoms with van der Waals surface area (Å²) in [5.74, 6) is 0.889. The zero-order chi connectivity index (χ0) is 10.5. The van der Waals surface area contributed by atoms with E-state index in [9.17, 15) is 5.11 Å². The molecule has 15 heavy (non-hydrogen) atoms. The van der Waals surface area contributed by atoms with E-state index in [4.69, 9.17) is 4.74 Å². The number of β-amino-alcohol motifs (C(OH)–C–C–N with tert-alkyl or cyclic N) is 1. The highest BCUT2D eigenvalue weighted by atomic mass is 16.5. The van der Waals surface area contributed by atoms with Gasteiger partial charge in [0.15, 0.2) is 0 Å². The number of hydrogen-bond acceptors (Lipinski definition) is 4. The highest BCUT2D eigenvalue weighted by molar-refractivity contribution is 4.76. The molecular weight excluding hydrogens is 192 g/mol. The second kappa shape index (κ2) is 5.80. The maximum atomic E-state index is 9.79. The Balaban J connectivity index is 1.51. The van der Waals surface area contributed by atoms with Gasteiger partial charge in [-0.3, -0.25) is 4.90 Å². The van der Waals surface area contributed by atoms with Gasteiger partial charge in [0.05, 0.1) is 19.3 Å². The van der Waals surface area contributed by atoms with Gasteiger partial charge in [0.25, 0.3) is 0 Å². The molecule has 0 aromatic heterocycles. The third-order valence-electron chi connectivity index (χ3n) is 3.08. The van der Waals surface area contributed by atoms with Gasteiger partial charge >= 0.3 is 0 Å². The molecule has 0 amide bonds. The van der Waals surface area contributed by atoms with Crippen LogP contribution in [0, 0.1) is 5.92 Å². The van der Waals surface area contributed by atoms with Crippen molar-refractivity contribution in [3.63, 3.8) is 0 Å². The summed E-state index contributed by atoms with van der Waals surface area (Å²) in [4.78, 5) is 2.27. The van der Waals surface area contributed by atoms with Crippen molar-refractivity contribution in [2.24, 2.45) is 5.92 Å². The van der Waals surface area contributed by atoms with E-state index in [1.165, 1.54) is 12.8 Å². The van der Waals surface area contributed by atoms with Crippen LogP contribution in [0.1, 0.15) is 12.8 Å². The van der Waals surface area contributed by atoms with Crippen molar-refractivity contribution in [2.45, 2.75) is 18.9 Å². The zero-order valence-corrected chi connectivity index (χ0v) is 9.32. The van der Waals surface area contributed by atoms with Crippen LogP contribution in [0.4, 0.5) is 0 Å². The SMILES string of the molecule is OC(CNCC1CC1)CN1CCOCC1. The van der Waals surface area contributed by atoms with Gasteiger partial charge in [0, 0.05) is 26.2 Å². The molecule has 88 valence electrons. The lowest BCUT2D eigenvalue weighted by Crippen LogP contribution is -2.43. The van der Waals surface area contributed by atoms with Gasteiger partial charge in [0.2, 0.25) is 0 Å². The van der Waals surface area contributed by atoms with E-state index in [1.54, 1.807) is 0 Å². The van der Waals surface area contributed by atoms with Gasteiger partial charge in [-0.2, -0.15) is 0 Å². The third kappa shape index (κ3) is 4.47. The summed E-state index contributed by atoms with van der Waals surface area (Å²) in [5, 5.41) is 13.1. The van der Waals surface area contributed by atoms with Crippen molar-refractivity contribution in [1.29, 1.82) is 0 Å². The molecule has 0 aromatic rings. The quantitative estimate of drug-likeness (QED) is 0.636. The van der Waals surface area contributed by atoms with Gasteiger partial charge < -0.3 is 15.2 Å². The van der Waals surface area contributed by atoms with Gasteiger partial charge in [-0.25, -0.2) is 0 Å². The molecule has 4 nitrogen and oxygen atoms in total. The standard InChI is InChI=1S/C11H22N2O2/c14-11(8-12-7-10-1-2-10)9-13-3-5-15-6-4-13/h10-12,14H,1-9H2. The van der Waals surface area contributed by atoms with E-state index in [2.05, 4.69) is 10.2 Å². The topological polar surface area (TPSA) is 44.7 Å². The van der Waals surface area contributed by atoms with Crippen LogP contribution < -0.4 is 5.32 Å². The second-order valence-electron chi connectivity index (χ2n) is 4.67. The van der Waals surface area contributed by atoms with Gasteiger partial charge in [-0.05, 0) is 25.3 Å². The van der Waals surface area contributed by atoms with Crippen LogP contribution in [0.2, 0.25) is 0 Å². The first-order chi connectivity index (χ1) is 7.34. The minimum Gasteiger partial charge on any atom is -0.390 e. The summed E-state index contributed by atoms with van der Waals surface area (Å²) in [6.07, 6.45) is 2.50. The predicted octanol–water partition coefficient (Wildman–Crippen LogP) is -0.321. The molecular formula is C11H22N2O2. The molecule has 2 aliphatic rings. The number of aliphatic hydroxyl groups excluding tert-OH is 1. The van der Waals surface area contributed by atoms with Crippen molar-refractivity contribution in [1.82, 2.24) is 10.2 Å². The number of morpholine rings is 1. The molecule has 1 unspecified atom stereocenters. The molecule has 0 spiro atoms. The van der Waals surface area contributed by atoms with Crippen molar-refractivity contribution in [2.75, 3.05) is 45.9 Å². The first-order valence-corrected chi connectivity index (χ1v) is 6.03. The maximum absolute atomic E-state index is 9.79. The van der Waals surface area contributed by atoms with E-state index in [0.29, 0.717) is 0 Å². The Morgan fingerprint density at radius 2 is 2.07 bits per heavy atom. The second-order valence-corrected chi connectivity index (χ2v) is 4.67. The van der Waals surface area contributed by atoms with Crippen molar-refractivity contribution in [3.8, 4) is 0 Å². The molecule has 1 heterocycles. The summed E-state index contributed by atoms with van der Waals surface area (Å²) in [5.41, 5.74) is 0. The highest BCUT2D eigenvalue weighted by Crippen LogP contribution is 2.27. The summed E-state index contributed by atoms with van der Waals surface area (Å²) in [7, 11) is 0. The largest absolute Gasteiger partial charge is 0.390 e. The average molecular weight is 214 g/mol. The van der Waals surface area contributed by atoms with Crippen LogP contribution in [0.15, 0.2) is 0 Å². The van der Waals surface area contributed by atoms with E-state index in [0.717, 1.165) is 51.9 Å². The molecule has 2 rings (SSSR count). The minimum atomic E-state index is -0.234. The molecule has 1 saturated heterocycles. The van der Waals surface area contributed by atoms with E-state index in [1.807, 2.05) is 0 Å². The van der Waals surface area contributed by atoms with Crippen molar-refractivity contribution in [3.05, 3.63) is 0 Å². The number of hydrogen-bond donors (Lipinski definition) is 2. The molecule has 1 aliphatic heterocycles. The van der Waals surface area contributed by atoms with E-state index >= 15 is 0 Å². The summed E-state index contributed by atoms with van der Waals surface area (Å²) in [6, 6.07) is 0. The third-order valence-corrected chi connectivity index (χ3v) is 3.08. The Hall–Kier alpha value is -0.160. The normalized spacial score (nSPS) is 25.4. The molecule has 2 N–H and O–H groups in total. The van der Waals surface area contributed by atoms with Crippen molar-refractivity contribution < 1.29 is 9.84 Å². The highest BCUT2D eigenvalue weighted by Gasteiger charge is 2.21. The van der Waals surface area contributed by atoms with Crippen molar-refractivity contribution >= 4 is 0 Å². The number of aliphatic hydroxyl groups is 1. The molecule has 1 saturated carbocycles. The van der Waals surface area contributed by atoms with Crippen LogP contribution in [0.3, 0.4) is 0 Å². The van der Waals surface area contributed by atoms with E-state index in [-0.39, 0.29) is 6.10 Å². The Kier molecular flexibility index (Phi) is 4.38. The lowest BCUT2D eigenvalue weighted by molar-refractivity contribution is 0.0149. The maximum Gasteiger partial charge on any atom is 0.0791 e. The Labute approximate surface area is 91.6 Å². The Bertz CT molecular complexity index is 179. The molecule has 1 aliphatic carbocycles. The first kappa shape index (κ1) is 11.3. The monoisotopic (exact) mass is 214 g/mol. The summed E-state index contributed by atoms with van der Waals surface area (Å²) >= 11 is 0. The number of nitrogens with one attached hydrogen (secondary N) is 1. The number of nitrogens with zero attached hydrogens (tertiary/aromatic N) is 1. The summed E-state index contributed by atoms with van der Waals surface area (Å²) in [6.45, 7) is 6.12. The number of ether oxygens (including phenoxy) is 1. The molecule has 1 atom stereocenters. The lowest BCUT2D eigenvalue weighted by atomic mass is 10.3. The smallest absolute Gasteiger partial charge is 0.0791 e. The van der Waals surface area contributed by atoms with Crippen LogP contribution in [-0.4, -0.2) is 62.0 Å². The predicted molar refractivity (Wildman–Crippen MR) is 58.9 cm³/mol. The number of rotatable bonds is 6. The summed E-state index contributed by atoms with van der Waals surface area (Å²) < 4.78 is 5.26. The fourth-order valence-corrected chi connectivity index (χ4v) is 1.92. The molecule has 0 aromatic carbocycles. The van der Waals surface area contributed by atoms with Crippen LogP contribution >= 0.6 is 0 Å². The molecule has 2 fully saturated rings. The van der Waals surface area contributed by atoms with Gasteiger partial charge in [-0.15, -0.1) is 0 Å². The Morgan fingerprint density at radius 3 is 2.73 bits per heavy atom. The lowest BCUT2D eigenvalue weighted by Gasteiger charge is -2.28. The molecule has 4 heteroatoms. The fraction of sp³-hybridized carbons (Fsp3) is 1.00. The van der Waals surface area contributed by atoms with Gasteiger partial charge in [0.1, 0.15) is 0 Å².